The van der Waals surface area contributed by atoms with E-state index in [9.17, 15) is 21.6 Å². The molecule has 2 aromatic rings. The molecule has 3 heterocycles. The summed E-state index contributed by atoms with van der Waals surface area (Å²) in [5.74, 6) is -0.866. The molecule has 0 aromatic carbocycles. The summed E-state index contributed by atoms with van der Waals surface area (Å²) in [5.41, 5.74) is 5.13. The summed E-state index contributed by atoms with van der Waals surface area (Å²) < 4.78 is 65.7. The molecule has 0 spiro atoms. The van der Waals surface area contributed by atoms with Gasteiger partial charge in [0.2, 0.25) is 10.0 Å². The smallest absolute Gasteiger partial charge is 0.305 e. The number of sulfonamides is 1. The molecule has 2 aromatic heterocycles. The average molecular weight is 450 g/mol. The van der Waals surface area contributed by atoms with Gasteiger partial charge in [-0.3, -0.25) is 9.71 Å². The molecule has 3 N–H and O–H groups in total. The van der Waals surface area contributed by atoms with Crippen molar-refractivity contribution in [2.75, 3.05) is 11.0 Å². The highest BCUT2D eigenvalue weighted by Gasteiger charge is 2.42. The van der Waals surface area contributed by atoms with Crippen molar-refractivity contribution in [3.05, 3.63) is 23.3 Å². The number of fused-ring (bicyclic) bond motifs is 1. The zero-order chi connectivity index (χ0) is 20.9. The maximum absolute atomic E-state index is 13.2. The van der Waals surface area contributed by atoms with Crippen LogP contribution >= 0.6 is 23.6 Å². The van der Waals surface area contributed by atoms with Crippen LogP contribution in [0.3, 0.4) is 0 Å². The molecule has 3 rings (SSSR count). The van der Waals surface area contributed by atoms with E-state index in [-0.39, 0.29) is 5.84 Å². The van der Waals surface area contributed by atoms with E-state index >= 15 is 0 Å². The van der Waals surface area contributed by atoms with Crippen LogP contribution in [0.1, 0.15) is 18.5 Å². The van der Waals surface area contributed by atoms with Crippen LogP contribution in [0.5, 0.6) is 0 Å². The minimum Gasteiger partial charge on any atom is -0.305 e. The molecule has 0 saturated heterocycles. The Morgan fingerprint density at radius 3 is 2.68 bits per heavy atom. The van der Waals surface area contributed by atoms with Crippen molar-refractivity contribution >= 4 is 65.8 Å². The Kier molecular flexibility index (Phi) is 5.29. The van der Waals surface area contributed by atoms with E-state index in [1.807, 2.05) is 0 Å². The van der Waals surface area contributed by atoms with E-state index in [4.69, 9.17) is 18.0 Å². The number of nitrogens with two attached hydrogens (primary N) is 1. The Labute approximate surface area is 167 Å². The van der Waals surface area contributed by atoms with Crippen LogP contribution in [0.4, 0.5) is 18.9 Å². The molecule has 2 unspecified atom stereocenters. The Morgan fingerprint density at radius 2 is 2.07 bits per heavy atom. The number of hydrogen-bond donors (Lipinski definition) is 2. The summed E-state index contributed by atoms with van der Waals surface area (Å²) in [5, 5.41) is 2.19. The molecule has 0 amide bonds. The van der Waals surface area contributed by atoms with Crippen molar-refractivity contribution in [2.24, 2.45) is 15.7 Å². The van der Waals surface area contributed by atoms with Crippen molar-refractivity contribution in [1.82, 2.24) is 4.98 Å². The highest BCUT2D eigenvalue weighted by molar-refractivity contribution is 7.92. The van der Waals surface area contributed by atoms with Crippen LogP contribution in [0.15, 0.2) is 27.6 Å². The Balaban J connectivity index is 2.02. The van der Waals surface area contributed by atoms with Crippen LogP contribution in [-0.4, -0.2) is 48.4 Å². The first-order chi connectivity index (χ1) is 12.9. The maximum Gasteiger partial charge on any atom is 0.434 e. The van der Waals surface area contributed by atoms with Gasteiger partial charge in [-0.2, -0.15) is 13.2 Å². The number of halogens is 3. The largest absolute Gasteiger partial charge is 0.434 e. The first-order valence-electron chi connectivity index (χ1n) is 7.75. The summed E-state index contributed by atoms with van der Waals surface area (Å²) in [4.78, 5) is 11.2. The molecule has 0 fully saturated rings. The summed E-state index contributed by atoms with van der Waals surface area (Å²) in [7, 11) is -3.49. The number of amidine groups is 1. The van der Waals surface area contributed by atoms with Gasteiger partial charge in [0, 0.05) is 17.0 Å². The minimum absolute atomic E-state index is 0.145. The van der Waals surface area contributed by atoms with Crippen molar-refractivity contribution in [1.29, 1.82) is 0 Å². The van der Waals surface area contributed by atoms with Gasteiger partial charge in [-0.25, -0.2) is 18.4 Å². The van der Waals surface area contributed by atoms with Crippen molar-refractivity contribution in [2.45, 2.75) is 25.2 Å². The number of thiocarbonyl (C=S) groups is 1. The van der Waals surface area contributed by atoms with Crippen LogP contribution < -0.4 is 10.5 Å². The molecule has 0 aliphatic carbocycles. The predicted octanol–water partition coefficient (Wildman–Crippen LogP) is 2.84. The number of aliphatic imine (C=N–C) groups is 2. The lowest BCUT2D eigenvalue weighted by Gasteiger charge is -2.22. The lowest BCUT2D eigenvalue weighted by Crippen LogP contribution is -2.44. The van der Waals surface area contributed by atoms with E-state index < -0.39 is 38.9 Å². The second kappa shape index (κ2) is 7.13. The molecule has 0 bridgehead atoms. The van der Waals surface area contributed by atoms with Crippen LogP contribution in [0.2, 0.25) is 0 Å². The second-order valence-electron chi connectivity index (χ2n) is 6.11. The third-order valence-electron chi connectivity index (χ3n) is 3.88. The molecule has 0 saturated carbocycles. The van der Waals surface area contributed by atoms with Gasteiger partial charge in [-0.1, -0.05) is 12.2 Å². The first kappa shape index (κ1) is 20.8. The number of hydrogen-bond acceptors (Lipinski definition) is 8. The van der Waals surface area contributed by atoms with Gasteiger partial charge < -0.3 is 5.73 Å². The van der Waals surface area contributed by atoms with Crippen molar-refractivity contribution < 1.29 is 21.6 Å². The zero-order valence-electron chi connectivity index (χ0n) is 14.5. The van der Waals surface area contributed by atoms with Gasteiger partial charge >= 0.3 is 6.18 Å². The van der Waals surface area contributed by atoms with Crippen molar-refractivity contribution in [3.63, 3.8) is 0 Å². The maximum atomic E-state index is 13.2. The zero-order valence-corrected chi connectivity index (χ0v) is 16.9. The van der Waals surface area contributed by atoms with E-state index in [1.54, 1.807) is 18.4 Å². The standard InChI is InChI=1S/C15H14F3N5O2S3/c1-6(14-21-12(15(16,17)18)11(26)13(19)22-14)8-3-7-9(23-28(2,24)25)5-27-10(7)4-20-8/h3-6,13,23H,19H2,1-2H3. The van der Waals surface area contributed by atoms with Gasteiger partial charge in [0.05, 0.1) is 33.1 Å². The minimum atomic E-state index is -4.74. The van der Waals surface area contributed by atoms with Crippen LogP contribution in [0.25, 0.3) is 10.1 Å². The number of pyridine rings is 1. The molecule has 0 radical (unpaired) electrons. The number of nitrogens with one attached hydrogen (secondary N) is 1. The number of nitrogens with zero attached hydrogens (tertiary/aromatic N) is 3. The van der Waals surface area contributed by atoms with Gasteiger partial charge in [0.1, 0.15) is 12.0 Å². The third-order valence-corrected chi connectivity index (χ3v) is 5.84. The van der Waals surface area contributed by atoms with E-state index in [0.717, 1.165) is 6.26 Å². The average Bonchev–Trinajstić information content (AvgIpc) is 2.96. The summed E-state index contributed by atoms with van der Waals surface area (Å²) in [6.07, 6.45) is -3.53. The fraction of sp³-hybridized carbons (Fsp3) is 0.333. The van der Waals surface area contributed by atoms with Gasteiger partial charge in [-0.05, 0) is 13.0 Å². The topological polar surface area (TPSA) is 110 Å². The number of rotatable bonds is 4. The third kappa shape index (κ3) is 4.21. The Morgan fingerprint density at radius 1 is 1.39 bits per heavy atom. The van der Waals surface area contributed by atoms with E-state index in [1.165, 1.54) is 17.5 Å². The lowest BCUT2D eigenvalue weighted by atomic mass is 10.0. The molecule has 13 heteroatoms. The van der Waals surface area contributed by atoms with E-state index in [2.05, 4.69) is 19.7 Å². The number of alkyl halides is 3. The lowest BCUT2D eigenvalue weighted by molar-refractivity contribution is -0.0566. The highest BCUT2D eigenvalue weighted by atomic mass is 32.2. The molecular formula is C15H14F3N5O2S3. The first-order valence-corrected chi connectivity index (χ1v) is 10.9. The quantitative estimate of drug-likeness (QED) is 0.698. The fourth-order valence-electron chi connectivity index (χ4n) is 2.55. The van der Waals surface area contributed by atoms with Gasteiger partial charge in [0.25, 0.3) is 0 Å². The molecule has 150 valence electrons. The summed E-state index contributed by atoms with van der Waals surface area (Å²) >= 11 is 5.99. The van der Waals surface area contributed by atoms with Gasteiger partial charge in [-0.15, -0.1) is 11.3 Å². The normalized spacial score (nSPS) is 19.4. The van der Waals surface area contributed by atoms with Crippen molar-refractivity contribution in [3.8, 4) is 0 Å². The fourth-order valence-corrected chi connectivity index (χ4v) is 4.25. The summed E-state index contributed by atoms with van der Waals surface area (Å²) in [6, 6.07) is 1.59. The Hall–Kier alpha value is -1.96. The molecule has 1 aliphatic rings. The second-order valence-corrected chi connectivity index (χ2v) is 9.20. The monoisotopic (exact) mass is 449 g/mol. The molecular weight excluding hydrogens is 435 g/mol. The SMILES string of the molecule is CC(C1=NC(N)C(=S)C(C(F)(F)F)=N1)c1cc2c(NS(C)(=O)=O)csc2cn1. The Bertz CT molecular complexity index is 1120. The van der Waals surface area contributed by atoms with Crippen LogP contribution in [-0.2, 0) is 10.0 Å². The molecule has 7 nitrogen and oxygen atoms in total. The number of aromatic nitrogens is 1. The summed E-state index contributed by atoms with van der Waals surface area (Å²) in [6.45, 7) is 1.58. The highest BCUT2D eigenvalue weighted by Crippen LogP contribution is 2.33. The van der Waals surface area contributed by atoms with E-state index in [0.29, 0.717) is 21.5 Å². The molecule has 2 atom stereocenters. The van der Waals surface area contributed by atoms with Crippen LogP contribution in [0, 0.1) is 0 Å². The molecule has 28 heavy (non-hydrogen) atoms. The number of anilines is 1. The molecule has 1 aliphatic heterocycles. The van der Waals surface area contributed by atoms with Gasteiger partial charge in [0.15, 0.2) is 5.71 Å². The number of thiophene rings is 1. The predicted molar refractivity (Wildman–Crippen MR) is 108 cm³/mol.